The van der Waals surface area contributed by atoms with Crippen LogP contribution < -0.4 is 16.9 Å². The summed E-state index contributed by atoms with van der Waals surface area (Å²) < 4.78 is 0. The van der Waals surface area contributed by atoms with Gasteiger partial charge in [-0.2, -0.15) is 0 Å². The van der Waals surface area contributed by atoms with E-state index in [1.165, 1.54) is 5.48 Å². The van der Waals surface area contributed by atoms with Crippen LogP contribution in [0.1, 0.15) is 0 Å². The number of halogens is 4. The second-order valence-electron chi connectivity index (χ2n) is 1.05. The van der Waals surface area contributed by atoms with Gasteiger partial charge in [-0.25, -0.2) is 0 Å². The quantitative estimate of drug-likeness (QED) is 0.259. The van der Waals surface area contributed by atoms with Gasteiger partial charge in [-0.05, 0) is 5.18 Å². The molecule has 0 amide bonds. The van der Waals surface area contributed by atoms with Crippen molar-refractivity contribution in [3.05, 3.63) is 16.5 Å². The van der Waals surface area contributed by atoms with Crippen molar-refractivity contribution in [2.45, 2.75) is 0 Å². The summed E-state index contributed by atoms with van der Waals surface area (Å²) in [6, 6.07) is 0. The molecule has 0 spiro atoms. The Labute approximate surface area is 126 Å². The molecule has 107 valence electrons. The van der Waals surface area contributed by atoms with Gasteiger partial charge in [-0.15, -0.1) is 4.91 Å². The Hall–Kier alpha value is 1.42. The molecule has 6 N–H and O–H groups in total. The monoisotopic (exact) mass is 449 g/mol. The van der Waals surface area contributed by atoms with Crippen LogP contribution in [0.15, 0.2) is 16.8 Å². The summed E-state index contributed by atoms with van der Waals surface area (Å²) in [5.74, 6) is -0.812. The summed E-state index contributed by atoms with van der Waals surface area (Å²) in [4.78, 5) is 9.44. The van der Waals surface area contributed by atoms with Gasteiger partial charge in [0.1, 0.15) is 0 Å². The molecule has 13 heteroatoms. The first-order valence-corrected chi connectivity index (χ1v) is 7.57. The molecule has 0 aromatic heterocycles. The minimum absolute atomic E-state index is 0.347. The van der Waals surface area contributed by atoms with Gasteiger partial charge in [0, 0.05) is 0 Å². The minimum atomic E-state index is -0.465. The van der Waals surface area contributed by atoms with Crippen LogP contribution >= 0.6 is 20.2 Å². The molecular formula is C2H8Cl4Cu3N4O2+2. The van der Waals surface area contributed by atoms with E-state index in [0.29, 0.717) is 0 Å². The Bertz CT molecular complexity index is 152. The molecule has 0 atom stereocenters. The van der Waals surface area contributed by atoms with Crippen molar-refractivity contribution < 1.29 is 68.7 Å². The van der Waals surface area contributed by atoms with Crippen molar-refractivity contribution in [1.82, 2.24) is 5.48 Å². The summed E-state index contributed by atoms with van der Waals surface area (Å²) in [6.07, 6.45) is 0. The SMILES string of the molecule is N/C(N=O)=C(\N)NO.[ClH+][Cu].[Cl][Cu].[Cl][Cu][ClH+]. The van der Waals surface area contributed by atoms with Gasteiger partial charge < -0.3 is 11.5 Å². The molecule has 0 aliphatic heterocycles. The first-order valence-electron chi connectivity index (χ1n) is 2.18. The van der Waals surface area contributed by atoms with E-state index >= 15 is 0 Å². The molecule has 0 saturated heterocycles. The van der Waals surface area contributed by atoms with E-state index in [1.54, 1.807) is 0 Å². The molecule has 0 rings (SSSR count). The van der Waals surface area contributed by atoms with Gasteiger partial charge in [-0.3, -0.25) is 10.7 Å². The Balaban J connectivity index is -0.0000000726. The van der Waals surface area contributed by atoms with Crippen LogP contribution in [0.4, 0.5) is 0 Å². The molecule has 0 aliphatic carbocycles. The van der Waals surface area contributed by atoms with E-state index in [4.69, 9.17) is 26.8 Å². The predicted molar refractivity (Wildman–Crippen MR) is 40.6 cm³/mol. The van der Waals surface area contributed by atoms with E-state index in [1.807, 2.05) is 0 Å². The van der Waals surface area contributed by atoms with Crippen molar-refractivity contribution in [2.24, 2.45) is 16.6 Å². The van der Waals surface area contributed by atoms with Gasteiger partial charge in [0.05, 0.1) is 0 Å². The molecule has 0 saturated carbocycles. The first kappa shape index (κ1) is 25.3. The fraction of sp³-hybridized carbons (Fsp3) is 0. The zero-order chi connectivity index (χ0) is 13.3. The Morgan fingerprint density at radius 3 is 1.80 bits per heavy atom. The third-order valence-electron chi connectivity index (χ3n) is 0.495. The number of hydroxylamine groups is 1. The number of nitrogens with one attached hydrogen (secondary N) is 1. The van der Waals surface area contributed by atoms with Crippen LogP contribution in [0.5, 0.6) is 0 Å². The van der Waals surface area contributed by atoms with Crippen molar-refractivity contribution in [3.63, 3.8) is 0 Å². The molecule has 0 unspecified atom stereocenters. The zero-order valence-corrected chi connectivity index (χ0v) is 12.4. The standard InChI is InChI=1S/C2H6N4O2.4ClH.3Cu/c3-1(5-7)2(4)6-8;;;;;;;/h5,7H,3-4H2;4*1H;;;/q;;;;;2*+1;+2/p-2/b2-1-;;;;;;;. The van der Waals surface area contributed by atoms with Gasteiger partial charge in [0.25, 0.3) is 0 Å². The van der Waals surface area contributed by atoms with Gasteiger partial charge in [0.15, 0.2) is 5.82 Å². The van der Waals surface area contributed by atoms with Crippen LogP contribution in [0.25, 0.3) is 0 Å². The molecule has 0 fully saturated rings. The number of nitrogens with two attached hydrogens (primary N) is 2. The maximum absolute atomic E-state index is 9.44. The average molecular weight is 453 g/mol. The Morgan fingerprint density at radius 1 is 1.47 bits per heavy atom. The number of hydrogen-bond acceptors (Lipinski definition) is 6. The Morgan fingerprint density at radius 2 is 1.73 bits per heavy atom. The first-order chi connectivity index (χ1) is 7.13. The molecule has 0 radical (unpaired) electrons. The van der Waals surface area contributed by atoms with Crippen molar-refractivity contribution >= 4 is 20.2 Å². The Kier molecular flexibility index (Phi) is 49.8. The fourth-order valence-corrected chi connectivity index (χ4v) is 0.106. The molecule has 0 bridgehead atoms. The second kappa shape index (κ2) is 29.5. The normalized spacial score (nSPS) is 8.87. The second-order valence-corrected chi connectivity index (χ2v) is 2.73. The van der Waals surface area contributed by atoms with Crippen molar-refractivity contribution in [1.29, 1.82) is 0 Å². The molecule has 0 aliphatic rings. The molecule has 0 aromatic carbocycles. The van der Waals surface area contributed by atoms with Gasteiger partial charge in [0.2, 0.25) is 5.82 Å². The van der Waals surface area contributed by atoms with E-state index in [2.05, 4.69) is 65.7 Å². The third kappa shape index (κ3) is 31.3. The molecule has 0 aromatic rings. The fourth-order valence-electron chi connectivity index (χ4n) is 0.106. The van der Waals surface area contributed by atoms with Crippen molar-refractivity contribution in [3.8, 4) is 0 Å². The zero-order valence-electron chi connectivity index (χ0n) is 6.43. The van der Waals surface area contributed by atoms with Crippen LogP contribution in [0.3, 0.4) is 0 Å². The van der Waals surface area contributed by atoms with E-state index in [-0.39, 0.29) is 5.82 Å². The van der Waals surface area contributed by atoms with E-state index < -0.39 is 5.82 Å². The van der Waals surface area contributed by atoms with Crippen LogP contribution in [-0.2, 0) is 43.3 Å². The molecule has 0 heterocycles. The summed E-state index contributed by atoms with van der Waals surface area (Å²) in [6.45, 7) is 0. The van der Waals surface area contributed by atoms with Crippen LogP contribution in [0.2, 0.25) is 0 Å². The number of nitroso groups, excluding NO2 is 1. The number of nitrogens with zero attached hydrogens (tertiary/aromatic N) is 1. The molecular weight excluding hydrogens is 444 g/mol. The van der Waals surface area contributed by atoms with Gasteiger partial charge >= 0.3 is 83.7 Å². The summed E-state index contributed by atoms with van der Waals surface area (Å²) >= 11 is 8.30. The summed E-state index contributed by atoms with van der Waals surface area (Å²) in [5, 5.41) is 10.1. The number of hydrogen-bond donors (Lipinski definition) is 4. The van der Waals surface area contributed by atoms with Crippen LogP contribution in [0, 0.1) is 25.1 Å². The predicted octanol–water partition coefficient (Wildman–Crippen LogP) is -0.388. The average Bonchev–Trinajstić information content (AvgIpc) is 2.33. The summed E-state index contributed by atoms with van der Waals surface area (Å²) in [5.41, 5.74) is 11.1. The topological polar surface area (TPSA) is 114 Å². The number of rotatable bonds is 2. The van der Waals surface area contributed by atoms with E-state index in [0.717, 1.165) is 13.1 Å². The maximum atomic E-state index is 9.44. The third-order valence-corrected chi connectivity index (χ3v) is 0.495. The summed E-state index contributed by atoms with van der Waals surface area (Å²) in [7, 11) is 16.6. The molecule has 15 heavy (non-hydrogen) atoms. The van der Waals surface area contributed by atoms with E-state index in [9.17, 15) is 4.91 Å². The van der Waals surface area contributed by atoms with Crippen LogP contribution in [-0.4, -0.2) is 5.21 Å². The molecule has 6 nitrogen and oxygen atoms in total. The van der Waals surface area contributed by atoms with Gasteiger partial charge in [-0.1, -0.05) is 0 Å². The van der Waals surface area contributed by atoms with Crippen molar-refractivity contribution in [2.75, 3.05) is 0 Å².